The SMILES string of the molecule is CC1NC(=O)CC(C(=O)N[C@@H](C)c2cccc3ccccc23)N1. The number of fused-ring (bicyclic) bond motifs is 1. The van der Waals surface area contributed by atoms with E-state index in [2.05, 4.69) is 34.1 Å². The highest BCUT2D eigenvalue weighted by Crippen LogP contribution is 2.24. The molecule has 23 heavy (non-hydrogen) atoms. The zero-order valence-corrected chi connectivity index (χ0v) is 13.3. The van der Waals surface area contributed by atoms with Crippen LogP contribution in [0.1, 0.15) is 31.9 Å². The van der Waals surface area contributed by atoms with Gasteiger partial charge in [0.15, 0.2) is 0 Å². The number of hydrogen-bond acceptors (Lipinski definition) is 3. The fourth-order valence-corrected chi connectivity index (χ4v) is 3.08. The maximum Gasteiger partial charge on any atom is 0.238 e. The summed E-state index contributed by atoms with van der Waals surface area (Å²) in [5, 5.41) is 11.1. The van der Waals surface area contributed by atoms with Crippen LogP contribution in [-0.2, 0) is 9.59 Å². The fourth-order valence-electron chi connectivity index (χ4n) is 3.08. The van der Waals surface area contributed by atoms with Crippen LogP contribution in [0.2, 0.25) is 0 Å². The monoisotopic (exact) mass is 311 g/mol. The fraction of sp³-hybridized carbons (Fsp3) is 0.333. The van der Waals surface area contributed by atoms with Crippen molar-refractivity contribution in [2.75, 3.05) is 0 Å². The van der Waals surface area contributed by atoms with Gasteiger partial charge in [0.05, 0.1) is 24.7 Å². The highest BCUT2D eigenvalue weighted by molar-refractivity contribution is 5.91. The van der Waals surface area contributed by atoms with Crippen molar-refractivity contribution in [2.45, 2.75) is 38.5 Å². The van der Waals surface area contributed by atoms with Crippen molar-refractivity contribution in [3.63, 3.8) is 0 Å². The molecule has 3 atom stereocenters. The molecule has 2 aromatic carbocycles. The molecule has 0 saturated carbocycles. The molecule has 1 heterocycles. The van der Waals surface area contributed by atoms with E-state index in [1.165, 1.54) is 0 Å². The van der Waals surface area contributed by atoms with E-state index in [1.807, 2.05) is 38.1 Å². The Labute approximate surface area is 135 Å². The largest absolute Gasteiger partial charge is 0.348 e. The van der Waals surface area contributed by atoms with Crippen molar-refractivity contribution < 1.29 is 9.59 Å². The van der Waals surface area contributed by atoms with Crippen LogP contribution in [0.5, 0.6) is 0 Å². The van der Waals surface area contributed by atoms with Crippen LogP contribution in [0.15, 0.2) is 42.5 Å². The van der Waals surface area contributed by atoms with Crippen LogP contribution in [0.4, 0.5) is 0 Å². The molecule has 0 bridgehead atoms. The highest BCUT2D eigenvalue weighted by Gasteiger charge is 2.29. The lowest BCUT2D eigenvalue weighted by atomic mass is 9.99. The van der Waals surface area contributed by atoms with Gasteiger partial charge in [-0.05, 0) is 30.2 Å². The molecule has 1 aliphatic heterocycles. The van der Waals surface area contributed by atoms with Gasteiger partial charge in [0.2, 0.25) is 11.8 Å². The van der Waals surface area contributed by atoms with Gasteiger partial charge in [-0.2, -0.15) is 0 Å². The minimum absolute atomic E-state index is 0.103. The summed E-state index contributed by atoms with van der Waals surface area (Å²) in [7, 11) is 0. The lowest BCUT2D eigenvalue weighted by Gasteiger charge is -2.29. The molecule has 5 heteroatoms. The summed E-state index contributed by atoms with van der Waals surface area (Å²) in [5.74, 6) is -0.249. The molecule has 0 aliphatic carbocycles. The zero-order valence-electron chi connectivity index (χ0n) is 13.3. The van der Waals surface area contributed by atoms with E-state index in [-0.39, 0.29) is 30.4 Å². The Morgan fingerprint density at radius 1 is 1.22 bits per heavy atom. The van der Waals surface area contributed by atoms with Crippen LogP contribution in [0.25, 0.3) is 10.8 Å². The summed E-state index contributed by atoms with van der Waals surface area (Å²) in [6, 6.07) is 13.6. The summed E-state index contributed by atoms with van der Waals surface area (Å²) >= 11 is 0. The third kappa shape index (κ3) is 3.35. The zero-order chi connectivity index (χ0) is 16.4. The molecule has 2 amide bonds. The summed E-state index contributed by atoms with van der Waals surface area (Å²) < 4.78 is 0. The van der Waals surface area contributed by atoms with Gasteiger partial charge < -0.3 is 10.6 Å². The predicted octanol–water partition coefficient (Wildman–Crippen LogP) is 1.84. The average Bonchev–Trinajstić information content (AvgIpc) is 2.53. The number of carbonyl (C=O) groups excluding carboxylic acids is 2. The number of hydrogen-bond donors (Lipinski definition) is 3. The Bertz CT molecular complexity index is 739. The Morgan fingerprint density at radius 2 is 1.96 bits per heavy atom. The number of carbonyl (C=O) groups is 2. The van der Waals surface area contributed by atoms with Gasteiger partial charge >= 0.3 is 0 Å². The molecular formula is C18H21N3O2. The standard InChI is InChI=1S/C18H21N3O2/c1-11(14-9-5-7-13-6-3-4-8-15(13)14)19-18(23)16-10-17(22)21-12(2)20-16/h3-9,11-12,16,20H,10H2,1-2H3,(H,19,23)(H,21,22)/t11-,12?,16?/m0/s1. The van der Waals surface area contributed by atoms with Gasteiger partial charge in [-0.1, -0.05) is 42.5 Å². The van der Waals surface area contributed by atoms with Gasteiger partial charge in [0.25, 0.3) is 0 Å². The molecule has 2 aromatic rings. The van der Waals surface area contributed by atoms with Crippen molar-refractivity contribution in [2.24, 2.45) is 0 Å². The van der Waals surface area contributed by atoms with E-state index in [0.29, 0.717) is 0 Å². The molecule has 1 saturated heterocycles. The molecule has 120 valence electrons. The summed E-state index contributed by atoms with van der Waals surface area (Å²) in [5.41, 5.74) is 1.07. The van der Waals surface area contributed by atoms with Crippen molar-refractivity contribution in [1.82, 2.24) is 16.0 Å². The van der Waals surface area contributed by atoms with Crippen molar-refractivity contribution >= 4 is 22.6 Å². The topological polar surface area (TPSA) is 70.2 Å². The molecule has 2 unspecified atom stereocenters. The van der Waals surface area contributed by atoms with Gasteiger partial charge in [-0.15, -0.1) is 0 Å². The van der Waals surface area contributed by atoms with Crippen LogP contribution < -0.4 is 16.0 Å². The molecule has 3 N–H and O–H groups in total. The minimum atomic E-state index is -0.490. The first kappa shape index (κ1) is 15.5. The van der Waals surface area contributed by atoms with E-state index in [0.717, 1.165) is 16.3 Å². The van der Waals surface area contributed by atoms with E-state index >= 15 is 0 Å². The second kappa shape index (κ2) is 6.38. The Hall–Kier alpha value is -2.40. The van der Waals surface area contributed by atoms with E-state index < -0.39 is 6.04 Å². The van der Waals surface area contributed by atoms with Gasteiger partial charge in [0.1, 0.15) is 0 Å². The van der Waals surface area contributed by atoms with Crippen molar-refractivity contribution in [3.05, 3.63) is 48.0 Å². The first-order chi connectivity index (χ1) is 11.0. The second-order valence-electron chi connectivity index (χ2n) is 6.01. The number of amides is 2. The third-order valence-corrected chi connectivity index (χ3v) is 4.18. The normalized spacial score (nSPS) is 22.4. The van der Waals surface area contributed by atoms with Crippen LogP contribution in [0.3, 0.4) is 0 Å². The van der Waals surface area contributed by atoms with E-state index in [1.54, 1.807) is 0 Å². The molecule has 3 rings (SSSR count). The summed E-state index contributed by atoms with van der Waals surface area (Å²) in [4.78, 5) is 24.0. The predicted molar refractivity (Wildman–Crippen MR) is 89.7 cm³/mol. The van der Waals surface area contributed by atoms with Crippen LogP contribution in [0, 0.1) is 0 Å². The van der Waals surface area contributed by atoms with Crippen LogP contribution in [-0.4, -0.2) is 24.0 Å². The number of rotatable bonds is 3. The molecule has 0 radical (unpaired) electrons. The molecule has 0 spiro atoms. The Kier molecular flexibility index (Phi) is 4.30. The lowest BCUT2D eigenvalue weighted by Crippen LogP contribution is -2.59. The van der Waals surface area contributed by atoms with Gasteiger partial charge in [-0.25, -0.2) is 0 Å². The molecule has 1 fully saturated rings. The highest BCUT2D eigenvalue weighted by atomic mass is 16.2. The second-order valence-corrected chi connectivity index (χ2v) is 6.01. The van der Waals surface area contributed by atoms with Crippen LogP contribution >= 0.6 is 0 Å². The summed E-state index contributed by atoms with van der Waals surface area (Å²) in [6.45, 7) is 3.79. The quantitative estimate of drug-likeness (QED) is 0.810. The van der Waals surface area contributed by atoms with E-state index in [4.69, 9.17) is 0 Å². The molecule has 5 nitrogen and oxygen atoms in total. The van der Waals surface area contributed by atoms with Crippen molar-refractivity contribution in [3.8, 4) is 0 Å². The Morgan fingerprint density at radius 3 is 2.74 bits per heavy atom. The Balaban J connectivity index is 1.76. The summed E-state index contributed by atoms with van der Waals surface area (Å²) in [6.07, 6.45) is -0.0295. The lowest BCUT2D eigenvalue weighted by molar-refractivity contribution is -0.132. The number of benzene rings is 2. The third-order valence-electron chi connectivity index (χ3n) is 4.18. The van der Waals surface area contributed by atoms with Gasteiger partial charge in [-0.3, -0.25) is 14.9 Å². The maximum atomic E-state index is 12.5. The molecular weight excluding hydrogens is 290 g/mol. The van der Waals surface area contributed by atoms with Crippen molar-refractivity contribution in [1.29, 1.82) is 0 Å². The first-order valence-electron chi connectivity index (χ1n) is 7.88. The molecule has 0 aromatic heterocycles. The first-order valence-corrected chi connectivity index (χ1v) is 7.88. The average molecular weight is 311 g/mol. The smallest absolute Gasteiger partial charge is 0.238 e. The minimum Gasteiger partial charge on any atom is -0.348 e. The molecule has 1 aliphatic rings. The van der Waals surface area contributed by atoms with E-state index in [9.17, 15) is 9.59 Å². The number of nitrogens with one attached hydrogen (secondary N) is 3. The maximum absolute atomic E-state index is 12.5. The van der Waals surface area contributed by atoms with Gasteiger partial charge in [0, 0.05) is 0 Å².